The quantitative estimate of drug-likeness (QED) is 0.218. The maximum Gasteiger partial charge on any atom is 0.435 e. The van der Waals surface area contributed by atoms with Gasteiger partial charge in [-0.15, -0.1) is 11.7 Å². The van der Waals surface area contributed by atoms with Crippen molar-refractivity contribution in [3.05, 3.63) is 86.9 Å². The van der Waals surface area contributed by atoms with E-state index in [2.05, 4.69) is 27.1 Å². The molecule has 0 saturated heterocycles. The standard InChI is InChI=1S/C24H19Cl2F4N5O2/c1-4-7-35-13(3)31-22(33-35)32-21(36)16-6-5-14(8-12(16)2)19-11-23(37-34-19,24(28,29)30)15-9-17(25)20(27)18(26)10-15/h4-6,8-10H,1,7,11H2,2-3H3,(H,32,33,36). The molecule has 1 N–H and O–H groups in total. The first-order chi connectivity index (χ1) is 17.4. The van der Waals surface area contributed by atoms with Crippen molar-refractivity contribution in [3.8, 4) is 0 Å². The van der Waals surface area contributed by atoms with E-state index in [0.717, 1.165) is 12.1 Å². The molecule has 0 bridgehead atoms. The molecule has 3 aromatic rings. The summed E-state index contributed by atoms with van der Waals surface area (Å²) in [5, 5.41) is 9.31. The van der Waals surface area contributed by atoms with Gasteiger partial charge in [0.2, 0.25) is 5.95 Å². The Bertz CT molecular complexity index is 1410. The third kappa shape index (κ3) is 4.93. The number of anilines is 1. The van der Waals surface area contributed by atoms with Crippen LogP contribution in [0.25, 0.3) is 0 Å². The molecule has 7 nitrogen and oxygen atoms in total. The molecule has 1 atom stereocenters. The van der Waals surface area contributed by atoms with Crippen LogP contribution in [0.3, 0.4) is 0 Å². The lowest BCUT2D eigenvalue weighted by Crippen LogP contribution is -2.42. The molecular weight excluding hydrogens is 537 g/mol. The van der Waals surface area contributed by atoms with E-state index in [4.69, 9.17) is 28.0 Å². The van der Waals surface area contributed by atoms with Crippen LogP contribution in [0.15, 0.2) is 48.1 Å². The van der Waals surface area contributed by atoms with Crippen LogP contribution in [-0.4, -0.2) is 32.6 Å². The fraction of sp³-hybridized carbons (Fsp3) is 0.250. The maximum atomic E-state index is 14.2. The number of carbonyl (C=O) groups is 1. The van der Waals surface area contributed by atoms with Crippen molar-refractivity contribution in [1.82, 2.24) is 14.8 Å². The Morgan fingerprint density at radius 1 is 1.24 bits per heavy atom. The summed E-state index contributed by atoms with van der Waals surface area (Å²) in [7, 11) is 0. The molecule has 0 spiro atoms. The number of aryl methyl sites for hydroxylation is 2. The van der Waals surface area contributed by atoms with E-state index in [-0.39, 0.29) is 17.2 Å². The van der Waals surface area contributed by atoms with Gasteiger partial charge in [0, 0.05) is 17.5 Å². The monoisotopic (exact) mass is 555 g/mol. The molecule has 1 aliphatic heterocycles. The summed E-state index contributed by atoms with van der Waals surface area (Å²) in [5.41, 5.74) is -2.38. The largest absolute Gasteiger partial charge is 0.435 e. The van der Waals surface area contributed by atoms with E-state index in [0.29, 0.717) is 23.5 Å². The molecule has 194 valence electrons. The highest BCUT2D eigenvalue weighted by Gasteiger charge is 2.62. The molecule has 1 aromatic heterocycles. The first-order valence-electron chi connectivity index (χ1n) is 10.8. The van der Waals surface area contributed by atoms with Crippen molar-refractivity contribution in [2.24, 2.45) is 5.16 Å². The van der Waals surface area contributed by atoms with Crippen LogP contribution in [0.5, 0.6) is 0 Å². The van der Waals surface area contributed by atoms with E-state index < -0.39 is 45.5 Å². The minimum Gasteiger partial charge on any atom is -0.374 e. The fourth-order valence-corrected chi connectivity index (χ4v) is 4.37. The predicted octanol–water partition coefficient (Wildman–Crippen LogP) is 6.36. The summed E-state index contributed by atoms with van der Waals surface area (Å²) >= 11 is 11.5. The summed E-state index contributed by atoms with van der Waals surface area (Å²) in [4.78, 5) is 21.9. The second kappa shape index (κ2) is 9.79. The first kappa shape index (κ1) is 26.6. The molecule has 2 aromatic carbocycles. The molecule has 0 fully saturated rings. The molecule has 0 radical (unpaired) electrons. The van der Waals surface area contributed by atoms with Gasteiger partial charge in [0.25, 0.3) is 11.5 Å². The number of halogens is 6. The Kier molecular flexibility index (Phi) is 7.04. The summed E-state index contributed by atoms with van der Waals surface area (Å²) in [5.74, 6) is -0.845. The topological polar surface area (TPSA) is 81.4 Å². The molecule has 1 amide bonds. The van der Waals surface area contributed by atoms with Crippen molar-refractivity contribution < 1.29 is 27.2 Å². The van der Waals surface area contributed by atoms with Crippen molar-refractivity contribution in [2.45, 2.75) is 38.6 Å². The van der Waals surface area contributed by atoms with Crippen LogP contribution in [0.4, 0.5) is 23.5 Å². The van der Waals surface area contributed by atoms with E-state index in [1.165, 1.54) is 18.2 Å². The number of hydrogen-bond donors (Lipinski definition) is 1. The van der Waals surface area contributed by atoms with Gasteiger partial charge in [-0.1, -0.05) is 40.5 Å². The Morgan fingerprint density at radius 2 is 1.92 bits per heavy atom. The minimum atomic E-state index is -4.93. The molecular formula is C24H19Cl2F4N5O2. The summed E-state index contributed by atoms with van der Waals surface area (Å²) in [6.45, 7) is 7.41. The SMILES string of the molecule is C=CCn1nc(NC(=O)c2ccc(C3=NOC(c4cc(Cl)c(F)c(Cl)c4)(C(F)(F)F)C3)cc2C)nc1C. The lowest BCUT2D eigenvalue weighted by molar-refractivity contribution is -0.275. The van der Waals surface area contributed by atoms with Crippen molar-refractivity contribution in [2.75, 3.05) is 5.32 Å². The van der Waals surface area contributed by atoms with Gasteiger partial charge in [-0.25, -0.2) is 9.07 Å². The molecule has 13 heteroatoms. The zero-order valence-corrected chi connectivity index (χ0v) is 21.0. The summed E-state index contributed by atoms with van der Waals surface area (Å²) < 4.78 is 58.1. The fourth-order valence-electron chi connectivity index (χ4n) is 3.88. The molecule has 1 unspecified atom stereocenters. The van der Waals surface area contributed by atoms with Crippen LogP contribution in [-0.2, 0) is 17.0 Å². The summed E-state index contributed by atoms with van der Waals surface area (Å²) in [6, 6.07) is 6.06. The zero-order valence-electron chi connectivity index (χ0n) is 19.5. The lowest BCUT2D eigenvalue weighted by atomic mass is 9.86. The van der Waals surface area contributed by atoms with Crippen LogP contribution < -0.4 is 5.32 Å². The van der Waals surface area contributed by atoms with E-state index in [9.17, 15) is 22.4 Å². The van der Waals surface area contributed by atoms with E-state index in [1.807, 2.05) is 0 Å². The number of alkyl halides is 3. The van der Waals surface area contributed by atoms with Crippen molar-refractivity contribution in [1.29, 1.82) is 0 Å². The van der Waals surface area contributed by atoms with Gasteiger partial charge in [0.05, 0.1) is 22.3 Å². The second-order valence-electron chi connectivity index (χ2n) is 8.32. The van der Waals surface area contributed by atoms with Gasteiger partial charge in [-0.2, -0.15) is 18.2 Å². The number of rotatable bonds is 6. The number of carbonyl (C=O) groups excluding carboxylic acids is 1. The number of aromatic nitrogens is 3. The highest BCUT2D eigenvalue weighted by atomic mass is 35.5. The third-order valence-electron chi connectivity index (χ3n) is 5.82. The minimum absolute atomic E-state index is 0.0237. The van der Waals surface area contributed by atoms with E-state index >= 15 is 0 Å². The summed E-state index contributed by atoms with van der Waals surface area (Å²) in [6.07, 6.45) is -4.01. The molecule has 0 saturated carbocycles. The normalized spacial score (nSPS) is 17.4. The van der Waals surface area contributed by atoms with Crippen LogP contribution >= 0.6 is 23.2 Å². The number of oxime groups is 1. The molecule has 4 rings (SSSR count). The van der Waals surface area contributed by atoms with Crippen LogP contribution in [0.2, 0.25) is 10.0 Å². The van der Waals surface area contributed by atoms with Crippen molar-refractivity contribution >= 4 is 40.8 Å². The molecule has 0 aliphatic carbocycles. The van der Waals surface area contributed by atoms with Gasteiger partial charge in [-0.05, 0) is 49.2 Å². The average molecular weight is 556 g/mol. The number of hydrogen-bond acceptors (Lipinski definition) is 5. The number of amides is 1. The smallest absolute Gasteiger partial charge is 0.374 e. The van der Waals surface area contributed by atoms with Gasteiger partial charge in [0.15, 0.2) is 5.82 Å². The molecule has 37 heavy (non-hydrogen) atoms. The second-order valence-corrected chi connectivity index (χ2v) is 9.14. The van der Waals surface area contributed by atoms with Crippen LogP contribution in [0, 0.1) is 19.7 Å². The van der Waals surface area contributed by atoms with Gasteiger partial charge in [-0.3, -0.25) is 10.1 Å². The Morgan fingerprint density at radius 3 is 2.51 bits per heavy atom. The third-order valence-corrected chi connectivity index (χ3v) is 6.37. The van der Waals surface area contributed by atoms with Gasteiger partial charge < -0.3 is 4.84 Å². The first-order valence-corrected chi connectivity index (χ1v) is 11.5. The van der Waals surface area contributed by atoms with Gasteiger partial charge >= 0.3 is 6.18 Å². The van der Waals surface area contributed by atoms with Gasteiger partial charge in [0.1, 0.15) is 5.82 Å². The van der Waals surface area contributed by atoms with E-state index in [1.54, 1.807) is 24.6 Å². The highest BCUT2D eigenvalue weighted by molar-refractivity contribution is 6.35. The zero-order chi connectivity index (χ0) is 27.1. The predicted molar refractivity (Wildman–Crippen MR) is 130 cm³/mol. The molecule has 1 aliphatic rings. The highest BCUT2D eigenvalue weighted by Crippen LogP contribution is 2.50. The lowest BCUT2D eigenvalue weighted by Gasteiger charge is -2.29. The Hall–Kier alpha value is -3.44. The maximum absolute atomic E-state index is 14.2. The molecule has 2 heterocycles. The van der Waals surface area contributed by atoms with Crippen LogP contribution in [0.1, 0.15) is 39.3 Å². The average Bonchev–Trinajstić information content (AvgIpc) is 3.42. The number of nitrogens with one attached hydrogen (secondary N) is 1. The Labute approximate surface area is 218 Å². The number of nitrogens with zero attached hydrogens (tertiary/aromatic N) is 4. The Balaban J connectivity index is 1.59. The van der Waals surface area contributed by atoms with Crippen molar-refractivity contribution in [3.63, 3.8) is 0 Å². The number of allylic oxidation sites excluding steroid dienone is 1. The number of benzene rings is 2.